The Kier molecular flexibility index (Phi) is 10.9. The molecule has 2 atom stereocenters. The molecular formula is C32H36ClFN2O6. The lowest BCUT2D eigenvalue weighted by molar-refractivity contribution is -0.148. The zero-order valence-corrected chi connectivity index (χ0v) is 24.8. The van der Waals surface area contributed by atoms with E-state index < -0.39 is 41.0 Å². The second-order valence-electron chi connectivity index (χ2n) is 11.4. The van der Waals surface area contributed by atoms with Crippen LogP contribution in [0.1, 0.15) is 45.2 Å². The number of nitrogens with one attached hydrogen (secondary N) is 2. The smallest absolute Gasteiger partial charge is 0.407 e. The second-order valence-corrected chi connectivity index (χ2v) is 11.8. The van der Waals surface area contributed by atoms with Gasteiger partial charge in [-0.1, -0.05) is 66.2 Å². The summed E-state index contributed by atoms with van der Waals surface area (Å²) in [6.07, 6.45) is -1.25. The molecule has 0 aromatic heterocycles. The minimum Gasteiger partial charge on any atom is -0.481 e. The Bertz CT molecular complexity index is 1380. The van der Waals surface area contributed by atoms with Crippen molar-refractivity contribution >= 4 is 29.8 Å². The molecule has 0 bridgehead atoms. The molecule has 0 fully saturated rings. The van der Waals surface area contributed by atoms with Crippen molar-refractivity contribution in [1.82, 2.24) is 10.6 Å². The van der Waals surface area contributed by atoms with Crippen LogP contribution in [0.5, 0.6) is 0 Å². The maximum Gasteiger partial charge on any atom is 0.407 e. The Morgan fingerprint density at radius 2 is 1.60 bits per heavy atom. The summed E-state index contributed by atoms with van der Waals surface area (Å²) >= 11 is 6.04. The standard InChI is InChI=1S/C32H36ClFN2O6/c1-31(2,3)42-30(40)36-25(16-21-10-12-23(13-11-21)26-17-24(33)14-15-27(26)34)18-32(4,28(37)38)20-35-29(39)41-19-22-8-6-5-7-9-22/h5-15,17,25H,16,18-20H2,1-4H3,(H,35,39)(H,36,40)(H,37,38)/t25-,32?/m1/s1. The molecule has 0 radical (unpaired) electrons. The number of benzene rings is 3. The van der Waals surface area contributed by atoms with E-state index in [1.165, 1.54) is 25.1 Å². The van der Waals surface area contributed by atoms with Gasteiger partial charge in [-0.15, -0.1) is 0 Å². The molecule has 3 aromatic rings. The molecule has 42 heavy (non-hydrogen) atoms. The molecular weight excluding hydrogens is 563 g/mol. The molecule has 0 aliphatic rings. The highest BCUT2D eigenvalue weighted by Gasteiger charge is 2.37. The number of carbonyl (C=O) groups excluding carboxylic acids is 2. The number of halogens is 2. The molecule has 2 amide bonds. The second kappa shape index (κ2) is 14.2. The Hall–Kier alpha value is -4.11. The quantitative estimate of drug-likeness (QED) is 0.219. The Labute approximate surface area is 250 Å². The molecule has 3 N–H and O–H groups in total. The summed E-state index contributed by atoms with van der Waals surface area (Å²) < 4.78 is 25.0. The first-order valence-corrected chi connectivity index (χ1v) is 13.8. The van der Waals surface area contributed by atoms with Crippen molar-refractivity contribution < 1.29 is 33.4 Å². The molecule has 3 aromatic carbocycles. The van der Waals surface area contributed by atoms with Crippen LogP contribution >= 0.6 is 11.6 Å². The molecule has 8 nitrogen and oxygen atoms in total. The van der Waals surface area contributed by atoms with Gasteiger partial charge < -0.3 is 25.2 Å². The first-order valence-electron chi connectivity index (χ1n) is 13.5. The Balaban J connectivity index is 1.74. The highest BCUT2D eigenvalue weighted by atomic mass is 35.5. The number of hydrogen-bond donors (Lipinski definition) is 3. The van der Waals surface area contributed by atoms with Gasteiger partial charge in [0.2, 0.25) is 0 Å². The van der Waals surface area contributed by atoms with Crippen LogP contribution in [0.25, 0.3) is 11.1 Å². The lowest BCUT2D eigenvalue weighted by Gasteiger charge is -2.31. The summed E-state index contributed by atoms with van der Waals surface area (Å²) in [4.78, 5) is 37.4. The van der Waals surface area contributed by atoms with Crippen LogP contribution in [0, 0.1) is 11.2 Å². The van der Waals surface area contributed by atoms with Crippen LogP contribution in [0.4, 0.5) is 14.0 Å². The minimum atomic E-state index is -1.46. The van der Waals surface area contributed by atoms with E-state index >= 15 is 0 Å². The fraction of sp³-hybridized carbons (Fsp3) is 0.344. The normalized spacial score (nSPS) is 13.4. The van der Waals surface area contributed by atoms with Crippen molar-refractivity contribution in [1.29, 1.82) is 0 Å². The SMILES string of the molecule is CC(C)(C)OC(=O)N[C@H](Cc1ccc(-c2cc(Cl)ccc2F)cc1)CC(C)(CNC(=O)OCc1ccccc1)C(=O)O. The van der Waals surface area contributed by atoms with Gasteiger partial charge in [-0.05, 0) is 75.4 Å². The maximum absolute atomic E-state index is 14.4. The van der Waals surface area contributed by atoms with Gasteiger partial charge in [0.25, 0.3) is 0 Å². The molecule has 0 aliphatic carbocycles. The van der Waals surface area contributed by atoms with Gasteiger partial charge in [0.05, 0.1) is 5.41 Å². The molecule has 224 valence electrons. The van der Waals surface area contributed by atoms with Crippen LogP contribution < -0.4 is 10.6 Å². The van der Waals surface area contributed by atoms with E-state index in [0.717, 1.165) is 11.1 Å². The number of carboxylic acid groups (broad SMARTS) is 1. The van der Waals surface area contributed by atoms with E-state index in [1.807, 2.05) is 18.2 Å². The van der Waals surface area contributed by atoms with Gasteiger partial charge in [-0.2, -0.15) is 0 Å². The summed E-state index contributed by atoms with van der Waals surface area (Å²) in [5.74, 6) is -1.57. The Morgan fingerprint density at radius 1 is 0.929 bits per heavy atom. The van der Waals surface area contributed by atoms with Crippen LogP contribution in [0.2, 0.25) is 5.02 Å². The van der Waals surface area contributed by atoms with Crippen LogP contribution in [-0.4, -0.2) is 41.4 Å². The molecule has 0 spiro atoms. The van der Waals surface area contributed by atoms with Gasteiger partial charge in [-0.3, -0.25) is 4.79 Å². The number of hydrogen-bond acceptors (Lipinski definition) is 5. The molecule has 0 saturated heterocycles. The zero-order valence-electron chi connectivity index (χ0n) is 24.1. The van der Waals surface area contributed by atoms with Crippen molar-refractivity contribution in [3.05, 3.63) is 94.8 Å². The van der Waals surface area contributed by atoms with E-state index in [1.54, 1.807) is 57.2 Å². The van der Waals surface area contributed by atoms with E-state index in [-0.39, 0.29) is 26.0 Å². The average molecular weight is 599 g/mol. The largest absolute Gasteiger partial charge is 0.481 e. The van der Waals surface area contributed by atoms with Crippen molar-refractivity contribution in [2.45, 2.75) is 58.8 Å². The van der Waals surface area contributed by atoms with Gasteiger partial charge in [0, 0.05) is 23.2 Å². The number of aliphatic carboxylic acids is 1. The number of carboxylic acids is 1. The fourth-order valence-electron chi connectivity index (χ4n) is 4.29. The summed E-state index contributed by atoms with van der Waals surface area (Å²) in [5.41, 5.74) is 0.294. The van der Waals surface area contributed by atoms with Crippen LogP contribution in [0.15, 0.2) is 72.8 Å². The monoisotopic (exact) mass is 598 g/mol. The third-order valence-corrected chi connectivity index (χ3v) is 6.68. The number of carbonyl (C=O) groups is 3. The summed E-state index contributed by atoms with van der Waals surface area (Å²) in [7, 11) is 0. The summed E-state index contributed by atoms with van der Waals surface area (Å²) in [6.45, 7) is 6.45. The van der Waals surface area contributed by atoms with E-state index in [4.69, 9.17) is 21.1 Å². The molecule has 0 aliphatic heterocycles. The van der Waals surface area contributed by atoms with Crippen molar-refractivity contribution in [2.24, 2.45) is 5.41 Å². The minimum absolute atomic E-state index is 0.0361. The topological polar surface area (TPSA) is 114 Å². The first kappa shape index (κ1) is 32.4. The number of ether oxygens (including phenoxy) is 2. The van der Waals surface area contributed by atoms with Gasteiger partial charge in [0.15, 0.2) is 0 Å². The molecule has 3 rings (SSSR count). The number of amides is 2. The van der Waals surface area contributed by atoms with Crippen molar-refractivity contribution in [2.75, 3.05) is 6.54 Å². The maximum atomic E-state index is 14.4. The predicted molar refractivity (Wildman–Crippen MR) is 159 cm³/mol. The van der Waals surface area contributed by atoms with E-state index in [9.17, 15) is 23.9 Å². The predicted octanol–water partition coefficient (Wildman–Crippen LogP) is 6.99. The summed E-state index contributed by atoms with van der Waals surface area (Å²) in [5, 5.41) is 15.8. The van der Waals surface area contributed by atoms with Crippen molar-refractivity contribution in [3.63, 3.8) is 0 Å². The fourth-order valence-corrected chi connectivity index (χ4v) is 4.46. The van der Waals surface area contributed by atoms with E-state index in [2.05, 4.69) is 10.6 Å². The number of alkyl carbamates (subject to hydrolysis) is 2. The average Bonchev–Trinajstić information content (AvgIpc) is 2.92. The molecule has 0 heterocycles. The molecule has 1 unspecified atom stereocenters. The highest BCUT2D eigenvalue weighted by molar-refractivity contribution is 6.30. The molecule has 10 heteroatoms. The lowest BCUT2D eigenvalue weighted by atomic mass is 9.81. The zero-order chi connectivity index (χ0) is 30.9. The third kappa shape index (κ3) is 10.1. The van der Waals surface area contributed by atoms with Gasteiger partial charge in [-0.25, -0.2) is 14.0 Å². The highest BCUT2D eigenvalue weighted by Crippen LogP contribution is 2.28. The Morgan fingerprint density at radius 3 is 2.21 bits per heavy atom. The lowest BCUT2D eigenvalue weighted by Crippen LogP contribution is -2.48. The third-order valence-electron chi connectivity index (χ3n) is 6.45. The van der Waals surface area contributed by atoms with Crippen molar-refractivity contribution in [3.8, 4) is 11.1 Å². The molecule has 0 saturated carbocycles. The van der Waals surface area contributed by atoms with Gasteiger partial charge in [0.1, 0.15) is 18.0 Å². The first-order chi connectivity index (χ1) is 19.7. The van der Waals surface area contributed by atoms with Crippen LogP contribution in [-0.2, 0) is 27.3 Å². The van der Waals surface area contributed by atoms with Gasteiger partial charge >= 0.3 is 18.2 Å². The number of rotatable bonds is 11. The van der Waals surface area contributed by atoms with E-state index in [0.29, 0.717) is 16.1 Å². The van der Waals surface area contributed by atoms with Crippen LogP contribution in [0.3, 0.4) is 0 Å². The summed E-state index contributed by atoms with van der Waals surface area (Å²) in [6, 6.07) is 19.7.